The Kier molecular flexibility index (Phi) is 12.7. The molecule has 2 N–H and O–H groups in total. The van der Waals surface area contributed by atoms with Crippen molar-refractivity contribution in [2.24, 2.45) is 5.92 Å². The first kappa shape index (κ1) is 35.0. The van der Waals surface area contributed by atoms with Gasteiger partial charge in [0.25, 0.3) is 5.91 Å². The van der Waals surface area contributed by atoms with E-state index >= 15 is 0 Å². The molecule has 0 radical (unpaired) electrons. The summed E-state index contributed by atoms with van der Waals surface area (Å²) >= 11 is 1.60. The molecule has 3 atom stereocenters. The van der Waals surface area contributed by atoms with Crippen LogP contribution in [-0.4, -0.2) is 52.5 Å². The van der Waals surface area contributed by atoms with Crippen LogP contribution in [0.2, 0.25) is 0 Å². The SMILES string of the molecule is CSCCC(NC(=O)OC(C)(C)C)C(=O)N(C(C)CCC(C)C)C(C(=O)Nc1ccc2ccccc2c1)c1ccccc1C. The van der Waals surface area contributed by atoms with Crippen LogP contribution in [-0.2, 0) is 14.3 Å². The molecule has 0 aliphatic carbocycles. The molecular weight excluding hydrogens is 570 g/mol. The number of hydrogen-bond donors (Lipinski definition) is 2. The van der Waals surface area contributed by atoms with E-state index in [0.29, 0.717) is 30.2 Å². The lowest BCUT2D eigenvalue weighted by Gasteiger charge is -2.39. The fourth-order valence-electron chi connectivity index (χ4n) is 5.22. The number of carbonyl (C=O) groups excluding carboxylic acids is 3. The van der Waals surface area contributed by atoms with Gasteiger partial charge in [0.05, 0.1) is 0 Å². The molecule has 238 valence electrons. The number of amides is 3. The maximum Gasteiger partial charge on any atom is 0.408 e. The van der Waals surface area contributed by atoms with E-state index in [2.05, 4.69) is 24.5 Å². The second kappa shape index (κ2) is 16.0. The molecule has 3 aromatic carbocycles. The Morgan fingerprint density at radius 2 is 1.55 bits per heavy atom. The summed E-state index contributed by atoms with van der Waals surface area (Å²) in [4.78, 5) is 43.7. The molecule has 7 nitrogen and oxygen atoms in total. The summed E-state index contributed by atoms with van der Waals surface area (Å²) in [6.45, 7) is 13.6. The van der Waals surface area contributed by atoms with Gasteiger partial charge in [0.15, 0.2) is 0 Å². The molecule has 3 unspecified atom stereocenters. The Morgan fingerprint density at radius 1 is 0.886 bits per heavy atom. The zero-order chi connectivity index (χ0) is 32.4. The molecule has 0 bridgehead atoms. The molecule has 3 rings (SSSR count). The molecule has 0 aliphatic heterocycles. The van der Waals surface area contributed by atoms with E-state index in [9.17, 15) is 14.4 Å². The van der Waals surface area contributed by atoms with Crippen LogP contribution in [0.15, 0.2) is 66.7 Å². The predicted molar refractivity (Wildman–Crippen MR) is 183 cm³/mol. The molecule has 0 aromatic heterocycles. The molecule has 0 aliphatic rings. The summed E-state index contributed by atoms with van der Waals surface area (Å²) in [5.41, 5.74) is 1.59. The first-order chi connectivity index (χ1) is 20.8. The summed E-state index contributed by atoms with van der Waals surface area (Å²) in [6.07, 6.45) is 3.30. The molecule has 0 fully saturated rings. The third-order valence-electron chi connectivity index (χ3n) is 7.52. The van der Waals surface area contributed by atoms with E-state index in [4.69, 9.17) is 4.74 Å². The van der Waals surface area contributed by atoms with Crippen molar-refractivity contribution in [3.8, 4) is 0 Å². The highest BCUT2D eigenvalue weighted by atomic mass is 32.2. The van der Waals surface area contributed by atoms with Crippen molar-refractivity contribution < 1.29 is 19.1 Å². The van der Waals surface area contributed by atoms with Crippen molar-refractivity contribution in [2.45, 2.75) is 91.5 Å². The van der Waals surface area contributed by atoms with Crippen molar-refractivity contribution in [3.05, 3.63) is 77.9 Å². The lowest BCUT2D eigenvalue weighted by Crippen LogP contribution is -2.55. The van der Waals surface area contributed by atoms with Gasteiger partial charge in [0.1, 0.15) is 17.7 Å². The minimum atomic E-state index is -0.922. The van der Waals surface area contributed by atoms with Crippen LogP contribution >= 0.6 is 11.8 Å². The first-order valence-corrected chi connectivity index (χ1v) is 16.9. The fourth-order valence-corrected chi connectivity index (χ4v) is 5.70. The van der Waals surface area contributed by atoms with Gasteiger partial charge in [-0.3, -0.25) is 9.59 Å². The van der Waals surface area contributed by atoms with Crippen molar-refractivity contribution in [2.75, 3.05) is 17.3 Å². The number of carbonyl (C=O) groups is 3. The largest absolute Gasteiger partial charge is 0.444 e. The maximum atomic E-state index is 14.7. The maximum absolute atomic E-state index is 14.7. The average Bonchev–Trinajstić information content (AvgIpc) is 2.96. The lowest BCUT2D eigenvalue weighted by molar-refractivity contribution is -0.143. The van der Waals surface area contributed by atoms with E-state index in [1.807, 2.05) is 86.8 Å². The van der Waals surface area contributed by atoms with Gasteiger partial charge in [-0.25, -0.2) is 4.79 Å². The van der Waals surface area contributed by atoms with E-state index in [1.54, 1.807) is 37.4 Å². The third-order valence-corrected chi connectivity index (χ3v) is 8.16. The molecule has 0 spiro atoms. The smallest absolute Gasteiger partial charge is 0.408 e. The fraction of sp³-hybridized carbons (Fsp3) is 0.472. The van der Waals surface area contributed by atoms with Gasteiger partial charge in [-0.15, -0.1) is 0 Å². The number of nitrogens with zero attached hydrogens (tertiary/aromatic N) is 1. The Balaban J connectivity index is 2.09. The Bertz CT molecular complexity index is 1420. The second-order valence-corrected chi connectivity index (χ2v) is 13.8. The van der Waals surface area contributed by atoms with Gasteiger partial charge in [0.2, 0.25) is 5.91 Å². The topological polar surface area (TPSA) is 87.7 Å². The number of ether oxygens (including phenoxy) is 1. The molecular formula is C36H49N3O4S. The van der Waals surface area contributed by atoms with Crippen molar-refractivity contribution in [1.82, 2.24) is 10.2 Å². The zero-order valence-corrected chi connectivity index (χ0v) is 28.3. The molecule has 0 saturated heterocycles. The number of hydrogen-bond acceptors (Lipinski definition) is 5. The highest BCUT2D eigenvalue weighted by molar-refractivity contribution is 7.98. The summed E-state index contributed by atoms with van der Waals surface area (Å²) in [5.74, 6) is 0.465. The van der Waals surface area contributed by atoms with Crippen molar-refractivity contribution >= 4 is 46.1 Å². The number of nitrogens with one attached hydrogen (secondary N) is 2. The van der Waals surface area contributed by atoms with Crippen LogP contribution in [0, 0.1) is 12.8 Å². The van der Waals surface area contributed by atoms with Crippen LogP contribution in [0.4, 0.5) is 10.5 Å². The molecule has 3 amide bonds. The lowest BCUT2D eigenvalue weighted by atomic mass is 9.94. The molecule has 0 saturated carbocycles. The Labute approximate surface area is 267 Å². The predicted octanol–water partition coefficient (Wildman–Crippen LogP) is 8.13. The van der Waals surface area contributed by atoms with E-state index in [0.717, 1.165) is 28.3 Å². The van der Waals surface area contributed by atoms with Gasteiger partial charge in [0, 0.05) is 11.7 Å². The first-order valence-electron chi connectivity index (χ1n) is 15.5. The van der Waals surface area contributed by atoms with Gasteiger partial charge in [-0.2, -0.15) is 11.8 Å². The third kappa shape index (κ3) is 10.0. The van der Waals surface area contributed by atoms with Crippen molar-refractivity contribution in [3.63, 3.8) is 0 Å². The highest BCUT2D eigenvalue weighted by Gasteiger charge is 2.39. The number of fused-ring (bicyclic) bond motifs is 1. The quantitative estimate of drug-likeness (QED) is 0.202. The van der Waals surface area contributed by atoms with E-state index in [-0.39, 0.29) is 17.9 Å². The molecule has 8 heteroatoms. The number of aryl methyl sites for hydroxylation is 1. The number of alkyl carbamates (subject to hydrolysis) is 1. The number of rotatable bonds is 13. The Hall–Kier alpha value is -3.52. The summed E-state index contributed by atoms with van der Waals surface area (Å²) < 4.78 is 5.54. The minimum absolute atomic E-state index is 0.283. The van der Waals surface area contributed by atoms with Crippen LogP contribution in [0.3, 0.4) is 0 Å². The monoisotopic (exact) mass is 619 g/mol. The molecule has 3 aromatic rings. The summed E-state index contributed by atoms with van der Waals surface area (Å²) in [5, 5.41) is 8.04. The normalized spacial score (nSPS) is 13.7. The van der Waals surface area contributed by atoms with Crippen LogP contribution in [0.5, 0.6) is 0 Å². The second-order valence-electron chi connectivity index (χ2n) is 12.9. The Morgan fingerprint density at radius 3 is 2.18 bits per heavy atom. The summed E-state index contributed by atoms with van der Waals surface area (Å²) in [6, 6.07) is 19.4. The molecule has 0 heterocycles. The van der Waals surface area contributed by atoms with Crippen LogP contribution < -0.4 is 10.6 Å². The number of anilines is 1. The van der Waals surface area contributed by atoms with E-state index < -0.39 is 23.8 Å². The van der Waals surface area contributed by atoms with E-state index in [1.165, 1.54) is 0 Å². The van der Waals surface area contributed by atoms with Crippen molar-refractivity contribution in [1.29, 1.82) is 0 Å². The van der Waals surface area contributed by atoms with Gasteiger partial charge in [-0.1, -0.05) is 68.4 Å². The zero-order valence-electron chi connectivity index (χ0n) is 27.5. The van der Waals surface area contributed by atoms with Gasteiger partial charge < -0.3 is 20.3 Å². The number of thioether (sulfide) groups is 1. The molecule has 44 heavy (non-hydrogen) atoms. The van der Waals surface area contributed by atoms with Gasteiger partial charge >= 0.3 is 6.09 Å². The van der Waals surface area contributed by atoms with Crippen LogP contribution in [0.1, 0.15) is 78.0 Å². The standard InChI is InChI=1S/C36H49N3O4S/c1-24(2)17-18-26(4)39(34(41)31(21-22-44-8)38-35(42)43-36(5,6)7)32(30-16-12-9-13-25(30)3)33(40)37-29-20-19-27-14-10-11-15-28(27)23-29/h9-16,19-20,23-24,26,31-32H,17-18,21-22H2,1-8H3,(H,37,40)(H,38,42). The highest BCUT2D eigenvalue weighted by Crippen LogP contribution is 2.31. The van der Waals surface area contributed by atoms with Crippen LogP contribution in [0.25, 0.3) is 10.8 Å². The number of benzene rings is 3. The minimum Gasteiger partial charge on any atom is -0.444 e. The van der Waals surface area contributed by atoms with Gasteiger partial charge in [-0.05, 0) is 106 Å². The summed E-state index contributed by atoms with van der Waals surface area (Å²) in [7, 11) is 0. The average molecular weight is 620 g/mol.